The van der Waals surface area contributed by atoms with E-state index in [4.69, 9.17) is 16.6 Å². The third-order valence-corrected chi connectivity index (χ3v) is 6.07. The summed E-state index contributed by atoms with van der Waals surface area (Å²) in [7, 11) is 0. The Morgan fingerprint density at radius 2 is 1.72 bits per heavy atom. The molecule has 4 rings (SSSR count). The zero-order valence-corrected chi connectivity index (χ0v) is 18.1. The third kappa shape index (κ3) is 4.19. The number of anilines is 1. The van der Waals surface area contributed by atoms with Crippen molar-refractivity contribution in [2.45, 2.75) is 26.2 Å². The largest absolute Gasteiger partial charge is 0.321 e. The van der Waals surface area contributed by atoms with E-state index >= 15 is 0 Å². The van der Waals surface area contributed by atoms with E-state index in [1.165, 1.54) is 5.56 Å². The van der Waals surface area contributed by atoms with Crippen molar-refractivity contribution in [2.75, 3.05) is 5.32 Å². The maximum Gasteiger partial charge on any atom is 0.255 e. The molecule has 0 radical (unpaired) electrons. The number of carbonyl (C=O) groups is 1. The van der Waals surface area contributed by atoms with Gasteiger partial charge in [-0.2, -0.15) is 0 Å². The molecule has 0 unspecified atom stereocenters. The lowest BCUT2D eigenvalue weighted by atomic mass is 9.87. The van der Waals surface area contributed by atoms with E-state index in [0.717, 1.165) is 20.8 Å². The highest BCUT2D eigenvalue weighted by Gasteiger charge is 2.16. The number of hydrogen-bond donors (Lipinski definition) is 1. The Hall–Kier alpha value is -2.69. The lowest BCUT2D eigenvalue weighted by molar-refractivity contribution is 0.102. The fourth-order valence-electron chi connectivity index (χ4n) is 3.11. The molecule has 0 aliphatic heterocycles. The van der Waals surface area contributed by atoms with Gasteiger partial charge in [-0.1, -0.05) is 56.6 Å². The summed E-state index contributed by atoms with van der Waals surface area (Å²) in [6.45, 7) is 6.46. The molecular weight excluding hydrogens is 400 g/mol. The number of rotatable bonds is 3. The molecule has 5 heteroatoms. The van der Waals surface area contributed by atoms with Gasteiger partial charge in [0.05, 0.1) is 15.9 Å². The average Bonchev–Trinajstić information content (AvgIpc) is 3.13. The van der Waals surface area contributed by atoms with Crippen LogP contribution in [0.3, 0.4) is 0 Å². The fourth-order valence-corrected chi connectivity index (χ4v) is 4.27. The normalized spacial score (nSPS) is 11.6. The smallest absolute Gasteiger partial charge is 0.255 e. The van der Waals surface area contributed by atoms with Gasteiger partial charge >= 0.3 is 0 Å². The van der Waals surface area contributed by atoms with Gasteiger partial charge in [-0.3, -0.25) is 4.79 Å². The summed E-state index contributed by atoms with van der Waals surface area (Å²) >= 11 is 7.82. The van der Waals surface area contributed by atoms with Crippen LogP contribution in [0.5, 0.6) is 0 Å². The molecule has 1 aromatic heterocycles. The fraction of sp³-hybridized carbons (Fsp3) is 0.167. The second-order valence-electron chi connectivity index (χ2n) is 7.96. The molecule has 0 atom stereocenters. The van der Waals surface area contributed by atoms with E-state index in [-0.39, 0.29) is 11.3 Å². The van der Waals surface area contributed by atoms with E-state index in [1.54, 1.807) is 17.4 Å². The van der Waals surface area contributed by atoms with E-state index < -0.39 is 0 Å². The Morgan fingerprint density at radius 3 is 2.41 bits per heavy atom. The first-order valence-electron chi connectivity index (χ1n) is 9.39. The lowest BCUT2D eigenvalue weighted by Gasteiger charge is -2.19. The van der Waals surface area contributed by atoms with Gasteiger partial charge in [0.1, 0.15) is 5.01 Å². The zero-order valence-electron chi connectivity index (χ0n) is 16.5. The minimum atomic E-state index is -0.157. The number of benzene rings is 3. The van der Waals surface area contributed by atoms with Crippen LogP contribution in [0.25, 0.3) is 20.8 Å². The number of nitrogens with one attached hydrogen (secondary N) is 1. The van der Waals surface area contributed by atoms with E-state index in [0.29, 0.717) is 16.3 Å². The predicted octanol–water partition coefficient (Wildman–Crippen LogP) is 7.17. The van der Waals surface area contributed by atoms with Gasteiger partial charge in [0.15, 0.2) is 0 Å². The number of para-hydroxylation sites is 1. The Kier molecular flexibility index (Phi) is 5.15. The number of nitrogens with zero attached hydrogens (tertiary/aromatic N) is 1. The van der Waals surface area contributed by atoms with Crippen LogP contribution in [0, 0.1) is 0 Å². The van der Waals surface area contributed by atoms with Crippen LogP contribution in [0.2, 0.25) is 5.02 Å². The molecular formula is C24H21ClN2OS. The van der Waals surface area contributed by atoms with Crippen LogP contribution in [-0.4, -0.2) is 10.9 Å². The Morgan fingerprint density at radius 1 is 1.00 bits per heavy atom. The monoisotopic (exact) mass is 420 g/mol. The topological polar surface area (TPSA) is 42.0 Å². The molecule has 0 fully saturated rings. The molecule has 1 amide bonds. The molecule has 0 saturated heterocycles. The Balaban J connectivity index is 1.66. The number of thiazole rings is 1. The molecule has 0 aliphatic carbocycles. The van der Waals surface area contributed by atoms with Crippen LogP contribution >= 0.6 is 22.9 Å². The van der Waals surface area contributed by atoms with Crippen molar-refractivity contribution in [3.63, 3.8) is 0 Å². The van der Waals surface area contributed by atoms with Crippen LogP contribution in [0.1, 0.15) is 36.7 Å². The van der Waals surface area contributed by atoms with Crippen molar-refractivity contribution >= 4 is 44.7 Å². The highest BCUT2D eigenvalue weighted by Crippen LogP contribution is 2.36. The van der Waals surface area contributed by atoms with Crippen molar-refractivity contribution < 1.29 is 4.79 Å². The Labute approximate surface area is 179 Å². The standard InChI is InChI=1S/C24H21ClN2OS/c1-24(2,3)16-10-8-15(9-11-16)22(28)26-19-13-12-17(25)14-18(19)23-27-20-6-4-5-7-21(20)29-23/h4-14H,1-3H3,(H,26,28). The summed E-state index contributed by atoms with van der Waals surface area (Å²) < 4.78 is 1.09. The number of fused-ring (bicyclic) bond motifs is 1. The van der Waals surface area contributed by atoms with Crippen molar-refractivity contribution in [1.29, 1.82) is 0 Å². The predicted molar refractivity (Wildman–Crippen MR) is 123 cm³/mol. The van der Waals surface area contributed by atoms with E-state index in [2.05, 4.69) is 26.1 Å². The number of halogens is 1. The summed E-state index contributed by atoms with van der Waals surface area (Å²) in [4.78, 5) is 17.6. The van der Waals surface area contributed by atoms with Crippen molar-refractivity contribution in [3.8, 4) is 10.6 Å². The number of amides is 1. The van der Waals surface area contributed by atoms with Crippen molar-refractivity contribution in [2.24, 2.45) is 0 Å². The number of hydrogen-bond acceptors (Lipinski definition) is 3. The Bertz CT molecular complexity index is 1160. The van der Waals surface area contributed by atoms with E-state index in [1.807, 2.05) is 60.7 Å². The average molecular weight is 421 g/mol. The molecule has 0 aliphatic rings. The highest BCUT2D eigenvalue weighted by atomic mass is 35.5. The quantitative estimate of drug-likeness (QED) is 0.381. The minimum absolute atomic E-state index is 0.0468. The van der Waals surface area contributed by atoms with Gasteiger partial charge in [0.25, 0.3) is 5.91 Å². The first-order chi connectivity index (χ1) is 13.8. The molecule has 1 heterocycles. The van der Waals surface area contributed by atoms with Gasteiger partial charge in [-0.25, -0.2) is 4.98 Å². The molecule has 3 aromatic carbocycles. The summed E-state index contributed by atoms with van der Waals surface area (Å²) in [5, 5.41) is 4.45. The molecule has 4 aromatic rings. The van der Waals surface area contributed by atoms with Crippen molar-refractivity contribution in [3.05, 3.63) is 82.9 Å². The summed E-state index contributed by atoms with van der Waals surface area (Å²) in [6.07, 6.45) is 0. The van der Waals surface area contributed by atoms with Crippen LogP contribution in [-0.2, 0) is 5.41 Å². The summed E-state index contributed by atoms with van der Waals surface area (Å²) in [5.74, 6) is -0.157. The summed E-state index contributed by atoms with van der Waals surface area (Å²) in [6, 6.07) is 21.2. The molecule has 0 bridgehead atoms. The zero-order chi connectivity index (χ0) is 20.6. The van der Waals surface area contributed by atoms with Gasteiger partial charge < -0.3 is 5.32 Å². The molecule has 29 heavy (non-hydrogen) atoms. The summed E-state index contributed by atoms with van der Waals surface area (Å²) in [5.41, 5.74) is 4.30. The maximum atomic E-state index is 12.9. The molecule has 0 saturated carbocycles. The maximum absolute atomic E-state index is 12.9. The SMILES string of the molecule is CC(C)(C)c1ccc(C(=O)Nc2ccc(Cl)cc2-c2nc3ccccc3s2)cc1. The molecule has 1 N–H and O–H groups in total. The van der Waals surface area contributed by atoms with E-state index in [9.17, 15) is 4.79 Å². The van der Waals surface area contributed by atoms with Crippen LogP contribution in [0.15, 0.2) is 66.7 Å². The van der Waals surface area contributed by atoms with Gasteiger partial charge in [0.2, 0.25) is 0 Å². The molecule has 146 valence electrons. The van der Waals surface area contributed by atoms with Crippen molar-refractivity contribution in [1.82, 2.24) is 4.98 Å². The first kappa shape index (κ1) is 19.6. The van der Waals surface area contributed by atoms with Crippen LogP contribution < -0.4 is 5.32 Å². The highest BCUT2D eigenvalue weighted by molar-refractivity contribution is 7.21. The van der Waals surface area contributed by atoms with Crippen LogP contribution in [0.4, 0.5) is 5.69 Å². The molecule has 3 nitrogen and oxygen atoms in total. The second-order valence-corrected chi connectivity index (χ2v) is 9.43. The van der Waals surface area contributed by atoms with Gasteiger partial charge in [-0.15, -0.1) is 11.3 Å². The molecule has 0 spiro atoms. The third-order valence-electron chi connectivity index (χ3n) is 4.77. The minimum Gasteiger partial charge on any atom is -0.321 e. The number of carbonyl (C=O) groups excluding carboxylic acids is 1. The van der Waals surface area contributed by atoms with Gasteiger partial charge in [0, 0.05) is 16.1 Å². The first-order valence-corrected chi connectivity index (χ1v) is 10.6. The van der Waals surface area contributed by atoms with Gasteiger partial charge in [-0.05, 0) is 53.4 Å². The lowest BCUT2D eigenvalue weighted by Crippen LogP contribution is -2.14. The second kappa shape index (κ2) is 7.62. The number of aromatic nitrogens is 1.